The fourth-order valence-corrected chi connectivity index (χ4v) is 2.67. The Balaban J connectivity index is 0.00000144. The van der Waals surface area contributed by atoms with Crippen molar-refractivity contribution in [3.05, 3.63) is 60.2 Å². The van der Waals surface area contributed by atoms with Crippen LogP contribution in [0.25, 0.3) is 0 Å². The van der Waals surface area contributed by atoms with E-state index >= 15 is 0 Å². The van der Waals surface area contributed by atoms with Crippen LogP contribution in [0.2, 0.25) is 0 Å². The van der Waals surface area contributed by atoms with Crippen LogP contribution < -0.4 is 10.6 Å². The zero-order chi connectivity index (χ0) is 11.4. The minimum Gasteiger partial charge on any atom is -0.147 e. The molecular formula is C15H18ClP. The average molecular weight is 265 g/mol. The van der Waals surface area contributed by atoms with Crippen LogP contribution in [0.15, 0.2) is 54.6 Å². The summed E-state index contributed by atoms with van der Waals surface area (Å²) in [5.74, 6) is 0.620. The van der Waals surface area contributed by atoms with Gasteiger partial charge in [0.05, 0.1) is 0 Å². The summed E-state index contributed by atoms with van der Waals surface area (Å²) in [7, 11) is 0.767. The Morgan fingerprint density at radius 2 is 1.29 bits per heavy atom. The largest absolute Gasteiger partial charge is 0.147 e. The van der Waals surface area contributed by atoms with Gasteiger partial charge in [0.1, 0.15) is 0 Å². The molecule has 0 saturated heterocycles. The van der Waals surface area contributed by atoms with Gasteiger partial charge in [-0.15, -0.1) is 12.4 Å². The van der Waals surface area contributed by atoms with E-state index in [-0.39, 0.29) is 12.4 Å². The molecule has 17 heavy (non-hydrogen) atoms. The zero-order valence-electron chi connectivity index (χ0n) is 10.2. The molecular weight excluding hydrogens is 247 g/mol. The van der Waals surface area contributed by atoms with Gasteiger partial charge < -0.3 is 0 Å². The molecule has 0 amide bonds. The van der Waals surface area contributed by atoms with Crippen LogP contribution in [0, 0.1) is 0 Å². The summed E-state index contributed by atoms with van der Waals surface area (Å²) in [5.41, 5.74) is 1.42. The van der Waals surface area contributed by atoms with E-state index in [0.29, 0.717) is 5.92 Å². The highest BCUT2D eigenvalue weighted by molar-refractivity contribution is 7.55. The summed E-state index contributed by atoms with van der Waals surface area (Å²) in [6.45, 7) is 4.46. The quantitative estimate of drug-likeness (QED) is 0.739. The fraction of sp³-hybridized carbons (Fsp3) is 0.200. The van der Waals surface area contributed by atoms with E-state index in [0.717, 1.165) is 8.58 Å². The molecule has 0 aliphatic carbocycles. The molecule has 2 aromatic carbocycles. The molecule has 2 rings (SSSR count). The summed E-state index contributed by atoms with van der Waals surface area (Å²) in [6.07, 6.45) is 0. The monoisotopic (exact) mass is 264 g/mol. The first kappa shape index (κ1) is 14.2. The number of hydrogen-bond acceptors (Lipinski definition) is 0. The van der Waals surface area contributed by atoms with Crippen LogP contribution in [0.4, 0.5) is 0 Å². The molecule has 0 fully saturated rings. The first-order valence-corrected chi connectivity index (χ1v) is 6.68. The highest BCUT2D eigenvalue weighted by Crippen LogP contribution is 2.15. The Hall–Kier alpha value is -0.840. The van der Waals surface area contributed by atoms with Crippen LogP contribution in [0.3, 0.4) is 0 Å². The summed E-state index contributed by atoms with van der Waals surface area (Å²) < 4.78 is 0. The van der Waals surface area contributed by atoms with E-state index < -0.39 is 0 Å². The maximum absolute atomic E-state index is 2.25. The highest BCUT2D eigenvalue weighted by Gasteiger charge is 1.99. The van der Waals surface area contributed by atoms with Crippen molar-refractivity contribution in [2.75, 3.05) is 0 Å². The molecule has 1 unspecified atom stereocenters. The smallest absolute Gasteiger partial charge is 0.0219 e. The van der Waals surface area contributed by atoms with Crippen molar-refractivity contribution in [2.45, 2.75) is 19.8 Å². The number of hydrogen-bond donors (Lipinski definition) is 0. The molecule has 2 heteroatoms. The third-order valence-electron chi connectivity index (χ3n) is 2.64. The Morgan fingerprint density at radius 1 is 0.765 bits per heavy atom. The Kier molecular flexibility index (Phi) is 5.68. The van der Waals surface area contributed by atoms with E-state index in [1.54, 1.807) is 0 Å². The molecule has 2 aromatic rings. The van der Waals surface area contributed by atoms with Gasteiger partial charge in [-0.1, -0.05) is 77.0 Å². The van der Waals surface area contributed by atoms with Crippen LogP contribution >= 0.6 is 21.0 Å². The molecule has 0 nitrogen and oxygen atoms in total. The zero-order valence-corrected chi connectivity index (χ0v) is 12.0. The summed E-state index contributed by atoms with van der Waals surface area (Å²) in [5, 5.41) is 2.82. The second-order valence-corrected chi connectivity index (χ2v) is 5.67. The lowest BCUT2D eigenvalue weighted by Gasteiger charge is -2.07. The average Bonchev–Trinajstić information content (AvgIpc) is 2.31. The minimum atomic E-state index is 0. The standard InChI is InChI=1S/C15H17P.ClH/c1-12(2)13-8-10-15(11-9-13)16-14-6-4-3-5-7-14;/h3-12,16H,1-2H3;1H. The van der Waals surface area contributed by atoms with Crippen molar-refractivity contribution in [1.82, 2.24) is 0 Å². The second kappa shape index (κ2) is 6.79. The van der Waals surface area contributed by atoms with Gasteiger partial charge in [0.15, 0.2) is 0 Å². The molecule has 1 atom stereocenters. The number of rotatable bonds is 3. The Morgan fingerprint density at radius 3 is 1.82 bits per heavy atom. The van der Waals surface area contributed by atoms with Gasteiger partial charge in [0.2, 0.25) is 0 Å². The van der Waals surface area contributed by atoms with Crippen LogP contribution in [0.5, 0.6) is 0 Å². The lowest BCUT2D eigenvalue weighted by molar-refractivity contribution is 0.867. The topological polar surface area (TPSA) is 0 Å². The predicted octanol–water partition coefficient (Wildman–Crippen LogP) is 3.86. The van der Waals surface area contributed by atoms with Gasteiger partial charge in [0, 0.05) is 0 Å². The minimum absolute atomic E-state index is 0. The van der Waals surface area contributed by atoms with E-state index in [4.69, 9.17) is 0 Å². The maximum atomic E-state index is 2.25. The maximum Gasteiger partial charge on any atom is -0.0219 e. The first-order chi connectivity index (χ1) is 7.75. The number of benzene rings is 2. The molecule has 0 heterocycles. The van der Waals surface area contributed by atoms with E-state index in [1.807, 2.05) is 0 Å². The van der Waals surface area contributed by atoms with E-state index in [2.05, 4.69) is 68.4 Å². The van der Waals surface area contributed by atoms with Crippen molar-refractivity contribution in [3.8, 4) is 0 Å². The molecule has 0 aromatic heterocycles. The third kappa shape index (κ3) is 4.15. The van der Waals surface area contributed by atoms with Crippen LogP contribution in [0.1, 0.15) is 25.3 Å². The van der Waals surface area contributed by atoms with E-state index in [1.165, 1.54) is 16.2 Å². The van der Waals surface area contributed by atoms with Gasteiger partial charge in [-0.2, -0.15) is 0 Å². The molecule has 0 bridgehead atoms. The first-order valence-electron chi connectivity index (χ1n) is 5.68. The van der Waals surface area contributed by atoms with Crippen LogP contribution in [-0.4, -0.2) is 0 Å². The Labute approximate surface area is 112 Å². The third-order valence-corrected chi connectivity index (χ3v) is 3.88. The van der Waals surface area contributed by atoms with Crippen molar-refractivity contribution in [2.24, 2.45) is 0 Å². The highest BCUT2D eigenvalue weighted by atomic mass is 35.5. The van der Waals surface area contributed by atoms with Gasteiger partial charge in [-0.05, 0) is 22.1 Å². The summed E-state index contributed by atoms with van der Waals surface area (Å²) in [6, 6.07) is 19.6. The SMILES string of the molecule is CC(C)c1ccc(Pc2ccccc2)cc1.Cl. The normalized spacial score (nSPS) is 10.8. The predicted molar refractivity (Wildman–Crippen MR) is 81.8 cm³/mol. The van der Waals surface area contributed by atoms with E-state index in [9.17, 15) is 0 Å². The Bertz CT molecular complexity index is 434. The molecule has 0 N–H and O–H groups in total. The second-order valence-electron chi connectivity index (χ2n) is 4.27. The van der Waals surface area contributed by atoms with Crippen molar-refractivity contribution >= 4 is 31.6 Å². The van der Waals surface area contributed by atoms with Gasteiger partial charge in [0.25, 0.3) is 0 Å². The summed E-state index contributed by atoms with van der Waals surface area (Å²) >= 11 is 0. The molecule has 90 valence electrons. The van der Waals surface area contributed by atoms with Gasteiger partial charge in [-0.3, -0.25) is 0 Å². The summed E-state index contributed by atoms with van der Waals surface area (Å²) in [4.78, 5) is 0. The molecule has 0 aliphatic rings. The molecule has 0 saturated carbocycles. The van der Waals surface area contributed by atoms with Crippen LogP contribution in [-0.2, 0) is 0 Å². The fourth-order valence-electron chi connectivity index (χ4n) is 1.64. The molecule has 0 aliphatic heterocycles. The lowest BCUT2D eigenvalue weighted by Crippen LogP contribution is -2.03. The van der Waals surface area contributed by atoms with Crippen molar-refractivity contribution < 1.29 is 0 Å². The van der Waals surface area contributed by atoms with Gasteiger partial charge in [-0.25, -0.2) is 0 Å². The van der Waals surface area contributed by atoms with Gasteiger partial charge >= 0.3 is 0 Å². The van der Waals surface area contributed by atoms with Crippen molar-refractivity contribution in [1.29, 1.82) is 0 Å². The van der Waals surface area contributed by atoms with Crippen molar-refractivity contribution in [3.63, 3.8) is 0 Å². The lowest BCUT2D eigenvalue weighted by atomic mass is 10.0. The number of halogens is 1. The molecule has 0 radical (unpaired) electrons. The molecule has 0 spiro atoms.